The van der Waals surface area contributed by atoms with Crippen LogP contribution in [-0.4, -0.2) is 14.2 Å². The average molecular weight is 300 g/mol. The lowest BCUT2D eigenvalue weighted by Crippen LogP contribution is -1.92. The second-order valence-corrected chi connectivity index (χ2v) is 4.61. The molecule has 0 fully saturated rings. The summed E-state index contributed by atoms with van der Waals surface area (Å²) >= 11 is 6.39. The highest BCUT2D eigenvalue weighted by molar-refractivity contribution is 6.53. The zero-order chi connectivity index (χ0) is 15.2. The predicted molar refractivity (Wildman–Crippen MR) is 84.3 cm³/mol. The van der Waals surface area contributed by atoms with Crippen LogP contribution in [0.4, 0.5) is 0 Å². The summed E-state index contributed by atoms with van der Waals surface area (Å²) in [5.41, 5.74) is 1.90. The SMILES string of the molecule is COc1ccc(C(Cl)=C(C#N)c2ccccc2)cc1OC. The topological polar surface area (TPSA) is 42.2 Å². The minimum atomic E-state index is 0.379. The first-order valence-electron chi connectivity index (χ1n) is 6.29. The van der Waals surface area contributed by atoms with Gasteiger partial charge in [-0.2, -0.15) is 5.26 Å². The molecule has 0 N–H and O–H groups in total. The van der Waals surface area contributed by atoms with Crippen LogP contribution in [0.3, 0.4) is 0 Å². The summed E-state index contributed by atoms with van der Waals surface area (Å²) < 4.78 is 10.5. The Bertz CT molecular complexity index is 702. The van der Waals surface area contributed by atoms with E-state index in [0.717, 1.165) is 5.56 Å². The smallest absolute Gasteiger partial charge is 0.161 e. The Morgan fingerprint density at radius 2 is 1.62 bits per heavy atom. The van der Waals surface area contributed by atoms with Crippen LogP contribution in [0.25, 0.3) is 10.6 Å². The van der Waals surface area contributed by atoms with Crippen molar-refractivity contribution in [3.63, 3.8) is 0 Å². The maximum Gasteiger partial charge on any atom is 0.161 e. The van der Waals surface area contributed by atoms with Crippen molar-refractivity contribution in [3.8, 4) is 17.6 Å². The van der Waals surface area contributed by atoms with Crippen LogP contribution in [0, 0.1) is 11.3 Å². The maximum absolute atomic E-state index is 9.39. The lowest BCUT2D eigenvalue weighted by atomic mass is 10.0. The van der Waals surface area contributed by atoms with E-state index >= 15 is 0 Å². The van der Waals surface area contributed by atoms with Crippen molar-refractivity contribution in [3.05, 3.63) is 59.7 Å². The Hall–Kier alpha value is -2.44. The highest BCUT2D eigenvalue weighted by Crippen LogP contribution is 2.35. The fourth-order valence-electron chi connectivity index (χ4n) is 1.96. The Morgan fingerprint density at radius 3 is 2.19 bits per heavy atom. The van der Waals surface area contributed by atoms with Crippen LogP contribution in [0.1, 0.15) is 11.1 Å². The van der Waals surface area contributed by atoms with Gasteiger partial charge in [0.05, 0.1) is 24.8 Å². The standard InChI is InChI=1S/C17H14ClNO2/c1-20-15-9-8-13(10-16(15)21-2)17(18)14(11-19)12-6-4-3-5-7-12/h3-10H,1-2H3. The molecule has 0 saturated carbocycles. The van der Waals surface area contributed by atoms with Crippen LogP contribution in [-0.2, 0) is 0 Å². The van der Waals surface area contributed by atoms with Crippen molar-refractivity contribution in [1.82, 2.24) is 0 Å². The van der Waals surface area contributed by atoms with Crippen LogP contribution < -0.4 is 9.47 Å². The number of allylic oxidation sites excluding steroid dienone is 1. The zero-order valence-electron chi connectivity index (χ0n) is 11.8. The van der Waals surface area contributed by atoms with Gasteiger partial charge in [-0.25, -0.2) is 0 Å². The number of ether oxygens (including phenoxy) is 2. The molecule has 0 heterocycles. The molecule has 2 aromatic rings. The van der Waals surface area contributed by atoms with Gasteiger partial charge in [-0.05, 0) is 29.3 Å². The lowest BCUT2D eigenvalue weighted by Gasteiger charge is -2.10. The van der Waals surface area contributed by atoms with Gasteiger partial charge in [-0.3, -0.25) is 0 Å². The first-order chi connectivity index (χ1) is 10.2. The number of hydrogen-bond acceptors (Lipinski definition) is 3. The van der Waals surface area contributed by atoms with Crippen molar-refractivity contribution in [2.75, 3.05) is 14.2 Å². The molecule has 0 bridgehead atoms. The van der Waals surface area contributed by atoms with E-state index in [-0.39, 0.29) is 0 Å². The summed E-state index contributed by atoms with van der Waals surface area (Å²) in [6, 6.07) is 16.8. The van der Waals surface area contributed by atoms with Gasteiger partial charge in [-0.1, -0.05) is 41.9 Å². The number of nitriles is 1. The number of nitrogens with zero attached hydrogens (tertiary/aromatic N) is 1. The van der Waals surface area contributed by atoms with Gasteiger partial charge in [0.1, 0.15) is 6.07 Å². The number of hydrogen-bond donors (Lipinski definition) is 0. The zero-order valence-corrected chi connectivity index (χ0v) is 12.5. The molecule has 0 aromatic heterocycles. The average Bonchev–Trinajstić information content (AvgIpc) is 2.55. The molecule has 0 radical (unpaired) electrons. The van der Waals surface area contributed by atoms with E-state index in [1.165, 1.54) is 0 Å². The highest BCUT2D eigenvalue weighted by atomic mass is 35.5. The first kappa shape index (κ1) is 15.0. The molecular weight excluding hydrogens is 286 g/mol. The van der Waals surface area contributed by atoms with Crippen molar-refractivity contribution in [1.29, 1.82) is 5.26 Å². The predicted octanol–water partition coefficient (Wildman–Crippen LogP) is 4.33. The second kappa shape index (κ2) is 6.83. The van der Waals surface area contributed by atoms with Crippen LogP contribution in [0.2, 0.25) is 0 Å². The van der Waals surface area contributed by atoms with Crippen LogP contribution in [0.15, 0.2) is 48.5 Å². The summed E-state index contributed by atoms with van der Waals surface area (Å²) in [7, 11) is 3.13. The van der Waals surface area contributed by atoms with Crippen molar-refractivity contribution in [2.45, 2.75) is 0 Å². The van der Waals surface area contributed by atoms with Crippen molar-refractivity contribution < 1.29 is 9.47 Å². The lowest BCUT2D eigenvalue weighted by molar-refractivity contribution is 0.355. The largest absolute Gasteiger partial charge is 0.493 e. The van der Waals surface area contributed by atoms with E-state index < -0.39 is 0 Å². The number of rotatable bonds is 4. The summed E-state index contributed by atoms with van der Waals surface area (Å²) in [5, 5.41) is 9.77. The molecule has 2 rings (SSSR count). The fourth-order valence-corrected chi connectivity index (χ4v) is 2.23. The van der Waals surface area contributed by atoms with E-state index in [1.807, 2.05) is 30.3 Å². The van der Waals surface area contributed by atoms with Crippen molar-refractivity contribution in [2.24, 2.45) is 0 Å². The molecule has 0 unspecified atom stereocenters. The molecule has 0 atom stereocenters. The summed E-state index contributed by atoms with van der Waals surface area (Å²) in [6.45, 7) is 0. The molecule has 0 aliphatic rings. The number of halogens is 1. The van der Waals surface area contributed by atoms with Crippen LogP contribution >= 0.6 is 11.6 Å². The van der Waals surface area contributed by atoms with Gasteiger partial charge in [-0.15, -0.1) is 0 Å². The van der Waals surface area contributed by atoms with E-state index in [4.69, 9.17) is 21.1 Å². The molecule has 0 saturated heterocycles. The Morgan fingerprint density at radius 1 is 0.952 bits per heavy atom. The van der Waals surface area contributed by atoms with Crippen molar-refractivity contribution >= 4 is 22.2 Å². The molecule has 2 aromatic carbocycles. The summed E-state index contributed by atoms with van der Waals surface area (Å²) in [6.07, 6.45) is 0. The minimum Gasteiger partial charge on any atom is -0.493 e. The summed E-state index contributed by atoms with van der Waals surface area (Å²) in [5.74, 6) is 1.18. The third-order valence-corrected chi connectivity index (χ3v) is 3.44. The Balaban J connectivity index is 2.54. The van der Waals surface area contributed by atoms with Gasteiger partial charge in [0, 0.05) is 0 Å². The van der Waals surface area contributed by atoms with Crippen LogP contribution in [0.5, 0.6) is 11.5 Å². The molecular formula is C17H14ClNO2. The fraction of sp³-hybridized carbons (Fsp3) is 0.118. The monoisotopic (exact) mass is 299 g/mol. The molecule has 21 heavy (non-hydrogen) atoms. The summed E-state index contributed by atoms with van der Waals surface area (Å²) in [4.78, 5) is 0. The Labute approximate surface area is 129 Å². The van der Waals surface area contributed by atoms with Gasteiger partial charge in [0.15, 0.2) is 11.5 Å². The van der Waals surface area contributed by atoms with Gasteiger partial charge in [0.2, 0.25) is 0 Å². The molecule has 0 amide bonds. The minimum absolute atomic E-state index is 0.379. The first-order valence-corrected chi connectivity index (χ1v) is 6.66. The molecule has 0 aliphatic heterocycles. The number of methoxy groups -OCH3 is 2. The van der Waals surface area contributed by atoms with Gasteiger partial charge in [0.25, 0.3) is 0 Å². The second-order valence-electron chi connectivity index (χ2n) is 4.24. The van der Waals surface area contributed by atoms with E-state index in [9.17, 15) is 5.26 Å². The molecule has 0 spiro atoms. The van der Waals surface area contributed by atoms with E-state index in [0.29, 0.717) is 27.7 Å². The molecule has 106 valence electrons. The molecule has 3 nitrogen and oxygen atoms in total. The van der Waals surface area contributed by atoms with Gasteiger partial charge < -0.3 is 9.47 Å². The highest BCUT2D eigenvalue weighted by Gasteiger charge is 2.12. The maximum atomic E-state index is 9.39. The normalized spacial score (nSPS) is 11.3. The molecule has 4 heteroatoms. The van der Waals surface area contributed by atoms with E-state index in [1.54, 1.807) is 32.4 Å². The number of benzene rings is 2. The third kappa shape index (κ3) is 3.18. The quantitative estimate of drug-likeness (QED) is 0.623. The van der Waals surface area contributed by atoms with E-state index in [2.05, 4.69) is 6.07 Å². The molecule has 0 aliphatic carbocycles. The van der Waals surface area contributed by atoms with Gasteiger partial charge >= 0.3 is 0 Å². The third-order valence-electron chi connectivity index (χ3n) is 3.03. The Kier molecular flexibility index (Phi) is 4.86.